The number of hydrogen-bond donors (Lipinski definition) is 3. The van der Waals surface area contributed by atoms with E-state index >= 15 is 0 Å². The number of hydrogen-bond acceptors (Lipinski definition) is 2. The summed E-state index contributed by atoms with van der Waals surface area (Å²) in [7, 11) is 1.89. The van der Waals surface area contributed by atoms with Crippen LogP contribution in [0.15, 0.2) is 35.5 Å². The largest absolute Gasteiger partial charge is 0.361 e. The summed E-state index contributed by atoms with van der Waals surface area (Å²) in [5, 5.41) is 7.53. The zero-order valence-corrected chi connectivity index (χ0v) is 17.2. The molecular formula is C21H33N5O. The van der Waals surface area contributed by atoms with Gasteiger partial charge in [0.05, 0.1) is 6.54 Å². The molecule has 0 saturated carbocycles. The lowest BCUT2D eigenvalue weighted by molar-refractivity contribution is -0.122. The predicted octanol–water partition coefficient (Wildman–Crippen LogP) is 2.91. The summed E-state index contributed by atoms with van der Waals surface area (Å²) in [5.41, 5.74) is 2.27. The summed E-state index contributed by atoms with van der Waals surface area (Å²) in [6, 6.07) is 8.36. The first-order valence-corrected chi connectivity index (χ1v) is 9.65. The van der Waals surface area contributed by atoms with E-state index in [9.17, 15) is 4.79 Å². The van der Waals surface area contributed by atoms with E-state index in [4.69, 9.17) is 0 Å². The quantitative estimate of drug-likeness (QED) is 0.398. The zero-order valence-electron chi connectivity index (χ0n) is 17.2. The number of rotatable bonds is 7. The van der Waals surface area contributed by atoms with Crippen molar-refractivity contribution in [2.45, 2.75) is 46.1 Å². The van der Waals surface area contributed by atoms with E-state index in [1.54, 1.807) is 0 Å². The third-order valence-electron chi connectivity index (χ3n) is 4.13. The van der Waals surface area contributed by atoms with E-state index in [1.165, 1.54) is 16.5 Å². The first-order chi connectivity index (χ1) is 12.8. The fourth-order valence-electron chi connectivity index (χ4n) is 3.01. The van der Waals surface area contributed by atoms with Gasteiger partial charge in [0, 0.05) is 42.8 Å². The average Bonchev–Trinajstić information content (AvgIpc) is 2.99. The molecule has 0 aliphatic heterocycles. The third-order valence-corrected chi connectivity index (χ3v) is 4.13. The van der Waals surface area contributed by atoms with Crippen LogP contribution in [0.4, 0.5) is 0 Å². The zero-order chi connectivity index (χ0) is 19.9. The molecule has 0 radical (unpaired) electrons. The van der Waals surface area contributed by atoms with Gasteiger partial charge in [-0.3, -0.25) is 9.79 Å². The molecule has 1 aromatic heterocycles. The van der Waals surface area contributed by atoms with Gasteiger partial charge in [-0.05, 0) is 52.2 Å². The van der Waals surface area contributed by atoms with Crippen molar-refractivity contribution in [3.05, 3.63) is 36.0 Å². The summed E-state index contributed by atoms with van der Waals surface area (Å²) in [5.74, 6) is 0.759. The van der Waals surface area contributed by atoms with Crippen LogP contribution >= 0.6 is 0 Å². The topological polar surface area (TPSA) is 72.5 Å². The number of likely N-dealkylation sites (N-methyl/N-ethyl adjacent to an activating group) is 1. The molecule has 148 valence electrons. The van der Waals surface area contributed by atoms with E-state index in [1.807, 2.05) is 45.7 Å². The van der Waals surface area contributed by atoms with Gasteiger partial charge in [-0.25, -0.2) is 0 Å². The van der Waals surface area contributed by atoms with Crippen molar-refractivity contribution < 1.29 is 4.79 Å². The first-order valence-electron chi connectivity index (χ1n) is 9.65. The Bertz CT molecular complexity index is 772. The molecule has 1 amide bonds. The van der Waals surface area contributed by atoms with Crippen molar-refractivity contribution in [1.29, 1.82) is 0 Å². The van der Waals surface area contributed by atoms with Crippen molar-refractivity contribution >= 4 is 22.8 Å². The second kappa shape index (κ2) is 9.44. The Morgan fingerprint density at radius 2 is 2.00 bits per heavy atom. The number of H-pyrrole nitrogens is 1. The second-order valence-corrected chi connectivity index (χ2v) is 7.85. The molecule has 2 rings (SSSR count). The van der Waals surface area contributed by atoms with Gasteiger partial charge < -0.3 is 20.5 Å². The molecule has 3 N–H and O–H groups in total. The van der Waals surface area contributed by atoms with Crippen LogP contribution in [0.2, 0.25) is 0 Å². The maximum absolute atomic E-state index is 12.1. The second-order valence-electron chi connectivity index (χ2n) is 7.85. The van der Waals surface area contributed by atoms with Gasteiger partial charge in [-0.2, -0.15) is 0 Å². The fourth-order valence-corrected chi connectivity index (χ4v) is 3.01. The maximum atomic E-state index is 12.1. The lowest BCUT2D eigenvalue weighted by Crippen LogP contribution is -2.48. The monoisotopic (exact) mass is 371 g/mol. The van der Waals surface area contributed by atoms with E-state index < -0.39 is 0 Å². The smallest absolute Gasteiger partial charge is 0.240 e. The highest BCUT2D eigenvalue weighted by atomic mass is 16.2. The number of aliphatic imine (C=N–C) groups is 1. The Kier molecular flexibility index (Phi) is 7.28. The van der Waals surface area contributed by atoms with Crippen LogP contribution in [0.5, 0.6) is 0 Å². The van der Waals surface area contributed by atoms with Gasteiger partial charge >= 0.3 is 0 Å². The molecule has 0 aliphatic carbocycles. The molecular weight excluding hydrogens is 338 g/mol. The molecule has 1 heterocycles. The van der Waals surface area contributed by atoms with E-state index in [0.717, 1.165) is 25.3 Å². The molecule has 0 saturated heterocycles. The molecule has 0 fully saturated rings. The molecule has 0 bridgehead atoms. The van der Waals surface area contributed by atoms with E-state index in [0.29, 0.717) is 6.54 Å². The number of aryl methyl sites for hydroxylation is 1. The maximum Gasteiger partial charge on any atom is 0.240 e. The Morgan fingerprint density at radius 3 is 2.70 bits per heavy atom. The van der Waals surface area contributed by atoms with Gasteiger partial charge in [0.15, 0.2) is 5.96 Å². The fraction of sp³-hybridized carbons (Fsp3) is 0.524. The average molecular weight is 372 g/mol. The number of nitrogens with one attached hydrogen (secondary N) is 3. The molecule has 6 nitrogen and oxygen atoms in total. The van der Waals surface area contributed by atoms with Gasteiger partial charge in [0.1, 0.15) is 0 Å². The number of carbonyl (C=O) groups is 1. The van der Waals surface area contributed by atoms with Crippen LogP contribution in [0, 0.1) is 0 Å². The molecule has 27 heavy (non-hydrogen) atoms. The van der Waals surface area contributed by atoms with Gasteiger partial charge in [-0.1, -0.05) is 18.2 Å². The van der Waals surface area contributed by atoms with Crippen LogP contribution in [-0.2, 0) is 11.2 Å². The number of carbonyl (C=O) groups excluding carboxylic acids is 1. The van der Waals surface area contributed by atoms with Crippen LogP contribution in [0.1, 0.15) is 39.7 Å². The van der Waals surface area contributed by atoms with Crippen LogP contribution in [-0.4, -0.2) is 54.0 Å². The van der Waals surface area contributed by atoms with Gasteiger partial charge in [0.25, 0.3) is 0 Å². The number of aromatic nitrogens is 1. The Morgan fingerprint density at radius 1 is 1.26 bits per heavy atom. The lowest BCUT2D eigenvalue weighted by Gasteiger charge is -2.25. The molecule has 0 aliphatic rings. The predicted molar refractivity (Wildman–Crippen MR) is 113 cm³/mol. The minimum absolute atomic E-state index is 0.00519. The Hall–Kier alpha value is -2.50. The highest BCUT2D eigenvalue weighted by molar-refractivity contribution is 5.86. The van der Waals surface area contributed by atoms with E-state index in [-0.39, 0.29) is 18.0 Å². The first kappa shape index (κ1) is 20.8. The van der Waals surface area contributed by atoms with Crippen molar-refractivity contribution in [1.82, 2.24) is 20.5 Å². The lowest BCUT2D eigenvalue weighted by atomic mass is 10.1. The van der Waals surface area contributed by atoms with Crippen LogP contribution < -0.4 is 10.6 Å². The molecule has 0 unspecified atom stereocenters. The van der Waals surface area contributed by atoms with Crippen LogP contribution in [0.3, 0.4) is 0 Å². The molecule has 1 aromatic carbocycles. The minimum Gasteiger partial charge on any atom is -0.361 e. The summed E-state index contributed by atoms with van der Waals surface area (Å²) in [6.45, 7) is 9.74. The molecule has 0 spiro atoms. The summed E-state index contributed by atoms with van der Waals surface area (Å²) >= 11 is 0. The number of nitrogens with zero attached hydrogens (tertiary/aromatic N) is 2. The Balaban J connectivity index is 1.89. The number of aromatic amines is 1. The van der Waals surface area contributed by atoms with E-state index in [2.05, 4.69) is 45.0 Å². The Labute approximate surface area is 162 Å². The van der Waals surface area contributed by atoms with Crippen molar-refractivity contribution in [2.24, 2.45) is 4.99 Å². The highest BCUT2D eigenvalue weighted by Gasteiger charge is 2.16. The molecule has 0 atom stereocenters. The summed E-state index contributed by atoms with van der Waals surface area (Å²) < 4.78 is 0. The summed E-state index contributed by atoms with van der Waals surface area (Å²) in [6.07, 6.45) is 4.02. The van der Waals surface area contributed by atoms with Gasteiger partial charge in [0.2, 0.25) is 5.91 Å². The number of benzene rings is 1. The number of guanidine groups is 1. The normalized spacial score (nSPS) is 12.3. The van der Waals surface area contributed by atoms with Crippen LogP contribution in [0.25, 0.3) is 10.9 Å². The summed E-state index contributed by atoms with van der Waals surface area (Å²) in [4.78, 5) is 22.0. The highest BCUT2D eigenvalue weighted by Crippen LogP contribution is 2.18. The standard InChI is InChI=1S/C21H33N5O/c1-6-22-20(26(5)15-19(27)25-21(2,3)4)23-13-9-10-16-14-24-18-12-8-7-11-17(16)18/h7-8,11-12,14,24H,6,9-10,13,15H2,1-5H3,(H,22,23)(H,25,27). The van der Waals surface area contributed by atoms with Gasteiger partial charge in [-0.15, -0.1) is 0 Å². The molecule has 2 aromatic rings. The molecule has 6 heteroatoms. The van der Waals surface area contributed by atoms with Crippen molar-refractivity contribution in [3.63, 3.8) is 0 Å². The van der Waals surface area contributed by atoms with Crippen molar-refractivity contribution in [3.8, 4) is 0 Å². The number of fused-ring (bicyclic) bond motifs is 1. The van der Waals surface area contributed by atoms with Crippen molar-refractivity contribution in [2.75, 3.05) is 26.7 Å². The third kappa shape index (κ3) is 6.62. The SMILES string of the molecule is CCNC(=NCCCc1c[nH]c2ccccc12)N(C)CC(=O)NC(C)(C)C. The minimum atomic E-state index is -0.229. The number of amides is 1. The number of para-hydroxylation sites is 1.